The van der Waals surface area contributed by atoms with Crippen LogP contribution in [0.4, 0.5) is 0 Å². The Hall–Kier alpha value is -3.47. The van der Waals surface area contributed by atoms with Crippen LogP contribution in [0.2, 0.25) is 0 Å². The summed E-state index contributed by atoms with van der Waals surface area (Å²) in [5.41, 5.74) is 6.59. The van der Waals surface area contributed by atoms with E-state index in [1.807, 2.05) is 6.07 Å². The number of carbonyl (C=O) groups is 2. The first kappa shape index (κ1) is 20.8. The zero-order chi connectivity index (χ0) is 20.7. The number of nitriles is 1. The third kappa shape index (κ3) is 4.43. The van der Waals surface area contributed by atoms with E-state index in [-0.39, 0.29) is 42.4 Å². The van der Waals surface area contributed by atoms with Gasteiger partial charge in [0.1, 0.15) is 29.6 Å². The Morgan fingerprint density at radius 2 is 1.96 bits per heavy atom. The van der Waals surface area contributed by atoms with Crippen LogP contribution in [0.3, 0.4) is 0 Å². The fourth-order valence-electron chi connectivity index (χ4n) is 2.88. The molecule has 1 aliphatic rings. The van der Waals surface area contributed by atoms with Gasteiger partial charge in [0, 0.05) is 0 Å². The van der Waals surface area contributed by atoms with Crippen LogP contribution in [-0.2, 0) is 23.8 Å². The monoisotopic (exact) mass is 386 g/mol. The van der Waals surface area contributed by atoms with Crippen molar-refractivity contribution in [1.82, 2.24) is 0 Å². The summed E-state index contributed by atoms with van der Waals surface area (Å²) < 4.78 is 20.8. The summed E-state index contributed by atoms with van der Waals surface area (Å²) in [6.45, 7) is 3.61. The van der Waals surface area contributed by atoms with Gasteiger partial charge in [0.25, 0.3) is 0 Å². The third-order valence-electron chi connectivity index (χ3n) is 4.03. The van der Waals surface area contributed by atoms with Crippen molar-refractivity contribution >= 4 is 11.9 Å². The molecule has 1 heterocycles. The minimum Gasteiger partial charge on any atom is -0.497 e. The van der Waals surface area contributed by atoms with Crippen LogP contribution in [0.25, 0.3) is 0 Å². The first-order valence-electron chi connectivity index (χ1n) is 8.74. The number of nitrogens with two attached hydrogens (primary N) is 1. The summed E-state index contributed by atoms with van der Waals surface area (Å²) in [6.07, 6.45) is -0.318. The van der Waals surface area contributed by atoms with Gasteiger partial charge < -0.3 is 24.7 Å². The molecule has 8 nitrogen and oxygen atoms in total. The molecular weight excluding hydrogens is 364 g/mol. The van der Waals surface area contributed by atoms with E-state index in [1.165, 1.54) is 7.11 Å². The van der Waals surface area contributed by atoms with Gasteiger partial charge in [0.15, 0.2) is 0 Å². The predicted molar refractivity (Wildman–Crippen MR) is 98.6 cm³/mol. The molecule has 0 bridgehead atoms. The Morgan fingerprint density at radius 1 is 1.25 bits per heavy atom. The molecule has 148 valence electrons. The molecule has 0 saturated heterocycles. The molecule has 0 radical (unpaired) electrons. The van der Waals surface area contributed by atoms with Gasteiger partial charge >= 0.3 is 11.9 Å². The topological polar surface area (TPSA) is 121 Å². The van der Waals surface area contributed by atoms with Gasteiger partial charge in [0.2, 0.25) is 5.88 Å². The summed E-state index contributed by atoms with van der Waals surface area (Å²) in [6, 6.07) is 8.86. The maximum Gasteiger partial charge on any atom is 0.338 e. The van der Waals surface area contributed by atoms with Crippen molar-refractivity contribution in [1.29, 1.82) is 5.26 Å². The average Bonchev–Trinajstić information content (AvgIpc) is 2.67. The number of methoxy groups -OCH3 is 1. The molecule has 0 aromatic heterocycles. The zero-order valence-electron chi connectivity index (χ0n) is 16.0. The molecule has 1 aliphatic heterocycles. The van der Waals surface area contributed by atoms with Crippen molar-refractivity contribution in [2.45, 2.75) is 26.2 Å². The lowest BCUT2D eigenvalue weighted by atomic mass is 9.82. The van der Waals surface area contributed by atoms with Crippen LogP contribution in [0.5, 0.6) is 5.75 Å². The SMILES string of the molecule is CCOC(=O)CC1=C(C(=O)OCC)C(c2cccc(OC)c2)C(C#N)=C(N)O1. The van der Waals surface area contributed by atoms with Gasteiger partial charge in [-0.25, -0.2) is 4.79 Å². The highest BCUT2D eigenvalue weighted by atomic mass is 16.5. The lowest BCUT2D eigenvalue weighted by Gasteiger charge is -2.28. The first-order valence-corrected chi connectivity index (χ1v) is 8.74. The quantitative estimate of drug-likeness (QED) is 0.709. The third-order valence-corrected chi connectivity index (χ3v) is 4.03. The zero-order valence-corrected chi connectivity index (χ0v) is 16.0. The number of allylic oxidation sites excluding steroid dienone is 1. The average molecular weight is 386 g/mol. The second kappa shape index (κ2) is 9.46. The second-order valence-electron chi connectivity index (χ2n) is 5.74. The van der Waals surface area contributed by atoms with Gasteiger partial charge in [-0.15, -0.1) is 0 Å². The predicted octanol–water partition coefficient (Wildman–Crippen LogP) is 2.27. The molecule has 0 amide bonds. The maximum absolute atomic E-state index is 12.7. The van der Waals surface area contributed by atoms with Crippen LogP contribution >= 0.6 is 0 Å². The Bertz CT molecular complexity index is 866. The lowest BCUT2D eigenvalue weighted by Crippen LogP contribution is -2.27. The molecule has 1 aromatic carbocycles. The maximum atomic E-state index is 12.7. The second-order valence-corrected chi connectivity index (χ2v) is 5.74. The number of esters is 2. The van der Waals surface area contributed by atoms with Gasteiger partial charge in [-0.3, -0.25) is 4.79 Å². The van der Waals surface area contributed by atoms with E-state index in [1.54, 1.807) is 38.1 Å². The molecule has 0 aliphatic carbocycles. The largest absolute Gasteiger partial charge is 0.497 e. The molecule has 2 N–H and O–H groups in total. The minimum atomic E-state index is -0.864. The minimum absolute atomic E-state index is 0.00113. The van der Waals surface area contributed by atoms with E-state index in [2.05, 4.69) is 0 Å². The van der Waals surface area contributed by atoms with Crippen molar-refractivity contribution in [2.75, 3.05) is 20.3 Å². The van der Waals surface area contributed by atoms with Crippen molar-refractivity contribution in [3.63, 3.8) is 0 Å². The fraction of sp³-hybridized carbons (Fsp3) is 0.350. The van der Waals surface area contributed by atoms with Gasteiger partial charge in [-0.05, 0) is 31.5 Å². The Kier molecular flexibility index (Phi) is 7.04. The van der Waals surface area contributed by atoms with Crippen molar-refractivity contribution in [3.05, 3.63) is 52.6 Å². The van der Waals surface area contributed by atoms with Crippen molar-refractivity contribution in [3.8, 4) is 11.8 Å². The number of ether oxygens (including phenoxy) is 4. The van der Waals surface area contributed by atoms with Gasteiger partial charge in [-0.2, -0.15) is 5.26 Å². The number of benzene rings is 1. The number of rotatable bonds is 7. The number of hydrogen-bond acceptors (Lipinski definition) is 8. The summed E-state index contributed by atoms with van der Waals surface area (Å²) in [5.74, 6) is -1.79. The smallest absolute Gasteiger partial charge is 0.338 e. The number of carbonyl (C=O) groups excluding carboxylic acids is 2. The van der Waals surface area contributed by atoms with Crippen molar-refractivity contribution < 1.29 is 28.5 Å². The normalized spacial score (nSPS) is 16.1. The van der Waals surface area contributed by atoms with E-state index in [0.29, 0.717) is 11.3 Å². The first-order chi connectivity index (χ1) is 13.5. The Morgan fingerprint density at radius 3 is 2.57 bits per heavy atom. The standard InChI is InChI=1S/C20H22N2O6/c1-4-26-16(23)10-15-18(20(24)27-5-2)17(14(11-21)19(22)28-15)12-7-6-8-13(9-12)25-3/h6-9,17H,4-5,10,22H2,1-3H3. The van der Waals surface area contributed by atoms with E-state index in [0.717, 1.165) is 0 Å². The van der Waals surface area contributed by atoms with Crippen LogP contribution < -0.4 is 10.5 Å². The van der Waals surface area contributed by atoms with E-state index in [4.69, 9.17) is 24.7 Å². The molecule has 1 aromatic rings. The Balaban J connectivity index is 2.65. The lowest BCUT2D eigenvalue weighted by molar-refractivity contribution is -0.143. The van der Waals surface area contributed by atoms with Crippen LogP contribution in [-0.4, -0.2) is 32.3 Å². The summed E-state index contributed by atoms with van der Waals surface area (Å²) in [7, 11) is 1.51. The van der Waals surface area contributed by atoms with Gasteiger partial charge in [0.05, 0.1) is 31.8 Å². The van der Waals surface area contributed by atoms with E-state index in [9.17, 15) is 14.9 Å². The Labute approximate surface area is 163 Å². The van der Waals surface area contributed by atoms with Crippen LogP contribution in [0.15, 0.2) is 47.1 Å². The molecule has 28 heavy (non-hydrogen) atoms. The van der Waals surface area contributed by atoms with Gasteiger partial charge in [-0.1, -0.05) is 12.1 Å². The molecular formula is C20H22N2O6. The van der Waals surface area contributed by atoms with Crippen LogP contribution in [0.1, 0.15) is 31.7 Å². The van der Waals surface area contributed by atoms with E-state index < -0.39 is 17.9 Å². The van der Waals surface area contributed by atoms with Crippen LogP contribution in [0, 0.1) is 11.3 Å². The highest BCUT2D eigenvalue weighted by molar-refractivity contribution is 5.93. The molecule has 0 spiro atoms. The van der Waals surface area contributed by atoms with Crippen molar-refractivity contribution in [2.24, 2.45) is 5.73 Å². The fourth-order valence-corrected chi connectivity index (χ4v) is 2.88. The summed E-state index contributed by atoms with van der Waals surface area (Å²) >= 11 is 0. The molecule has 1 unspecified atom stereocenters. The molecule has 0 saturated carbocycles. The highest BCUT2D eigenvalue weighted by Crippen LogP contribution is 2.41. The molecule has 0 fully saturated rings. The summed E-state index contributed by atoms with van der Waals surface area (Å²) in [5, 5.41) is 9.64. The molecule has 2 rings (SSSR count). The number of nitrogens with zero attached hydrogens (tertiary/aromatic N) is 1. The van der Waals surface area contributed by atoms with E-state index >= 15 is 0 Å². The molecule has 8 heteroatoms. The highest BCUT2D eigenvalue weighted by Gasteiger charge is 2.38. The summed E-state index contributed by atoms with van der Waals surface area (Å²) in [4.78, 5) is 24.7. The molecule has 1 atom stereocenters. The number of hydrogen-bond donors (Lipinski definition) is 1.